The maximum absolute atomic E-state index is 13.7. The molecule has 3 aromatic rings. The van der Waals surface area contributed by atoms with Crippen LogP contribution in [0.15, 0.2) is 36.4 Å². The summed E-state index contributed by atoms with van der Waals surface area (Å²) in [5.41, 5.74) is 15.1. The summed E-state index contributed by atoms with van der Waals surface area (Å²) < 4.78 is 6.81. The van der Waals surface area contributed by atoms with Gasteiger partial charge in [0, 0.05) is 59.7 Å². The van der Waals surface area contributed by atoms with Crippen molar-refractivity contribution in [1.82, 2.24) is 0 Å². The molecule has 0 aromatic heterocycles. The molecule has 0 radical (unpaired) electrons. The van der Waals surface area contributed by atoms with E-state index in [1.165, 1.54) is 81.6 Å². The van der Waals surface area contributed by atoms with Crippen LogP contribution < -0.4 is 9.80 Å². The van der Waals surface area contributed by atoms with Crippen molar-refractivity contribution in [1.29, 1.82) is 0 Å². The van der Waals surface area contributed by atoms with Crippen molar-refractivity contribution in [2.45, 2.75) is 76.2 Å². The fourth-order valence-corrected chi connectivity index (χ4v) is 9.59. The Morgan fingerprint density at radius 2 is 1.21 bits per heavy atom. The third-order valence-electron chi connectivity index (χ3n) is 10.8. The Morgan fingerprint density at radius 3 is 1.77 bits per heavy atom. The van der Waals surface area contributed by atoms with Crippen molar-refractivity contribution in [3.05, 3.63) is 92.0 Å². The van der Waals surface area contributed by atoms with Crippen LogP contribution in [0.2, 0.25) is 0 Å². The van der Waals surface area contributed by atoms with Gasteiger partial charge in [-0.1, -0.05) is 32.0 Å². The number of fused-ring (bicyclic) bond motifs is 8. The lowest BCUT2D eigenvalue weighted by molar-refractivity contribution is 0.0230. The molecule has 0 saturated heterocycles. The molecule has 5 aliphatic heterocycles. The number of anilines is 2. The van der Waals surface area contributed by atoms with Gasteiger partial charge in [0.25, 0.3) is 0 Å². The molecule has 1 spiro atoms. The van der Waals surface area contributed by atoms with Crippen LogP contribution in [-0.2, 0) is 41.4 Å². The zero-order chi connectivity index (χ0) is 26.1. The minimum absolute atomic E-state index is 0.171. The van der Waals surface area contributed by atoms with E-state index in [9.17, 15) is 4.79 Å². The Balaban J connectivity index is 1.47. The number of benzene rings is 3. The molecule has 1 aliphatic carbocycles. The molecular weight excluding hydrogens is 480 g/mol. The van der Waals surface area contributed by atoms with Crippen molar-refractivity contribution < 1.29 is 9.53 Å². The number of nitrogens with zero attached hydrogens (tertiary/aromatic N) is 2. The number of esters is 1. The second-order valence-electron chi connectivity index (χ2n) is 13.2. The van der Waals surface area contributed by atoms with E-state index in [0.717, 1.165) is 63.0 Å². The molecule has 39 heavy (non-hydrogen) atoms. The molecule has 198 valence electrons. The number of aryl methyl sites for hydroxylation is 2. The summed E-state index contributed by atoms with van der Waals surface area (Å²) in [6, 6.07) is 13.2. The largest absolute Gasteiger partial charge is 0.441 e. The lowest BCUT2D eigenvalue weighted by Gasteiger charge is -2.51. The van der Waals surface area contributed by atoms with Crippen molar-refractivity contribution in [3.63, 3.8) is 0 Å². The number of hydrogen-bond donors (Lipinski definition) is 0. The van der Waals surface area contributed by atoms with Crippen LogP contribution in [0.4, 0.5) is 11.4 Å². The predicted octanol–water partition coefficient (Wildman–Crippen LogP) is 6.19. The monoisotopic (exact) mass is 516 g/mol. The maximum atomic E-state index is 13.7. The van der Waals surface area contributed by atoms with Crippen molar-refractivity contribution in [2.24, 2.45) is 0 Å². The topological polar surface area (TPSA) is 32.8 Å². The molecule has 0 amide bonds. The first-order valence-corrected chi connectivity index (χ1v) is 15.2. The quantitative estimate of drug-likeness (QED) is 0.334. The average Bonchev–Trinajstić information content (AvgIpc) is 3.25. The molecule has 0 fully saturated rings. The van der Waals surface area contributed by atoms with Crippen LogP contribution in [0.5, 0.6) is 0 Å². The van der Waals surface area contributed by atoms with E-state index in [0.29, 0.717) is 0 Å². The highest BCUT2D eigenvalue weighted by atomic mass is 16.6. The van der Waals surface area contributed by atoms with E-state index >= 15 is 0 Å². The van der Waals surface area contributed by atoms with Gasteiger partial charge >= 0.3 is 5.97 Å². The highest BCUT2D eigenvalue weighted by Gasteiger charge is 2.58. The Hall–Kier alpha value is -3.27. The molecule has 0 atom stereocenters. The van der Waals surface area contributed by atoms with Gasteiger partial charge in [0.15, 0.2) is 5.60 Å². The molecule has 0 unspecified atom stereocenters. The number of carbonyl (C=O) groups is 1. The first-order valence-electron chi connectivity index (χ1n) is 15.2. The minimum atomic E-state index is -0.871. The normalized spacial score (nSPS) is 22.5. The van der Waals surface area contributed by atoms with Crippen molar-refractivity contribution in [2.75, 3.05) is 36.0 Å². The van der Waals surface area contributed by atoms with Gasteiger partial charge in [-0.15, -0.1) is 0 Å². The van der Waals surface area contributed by atoms with Gasteiger partial charge in [0.2, 0.25) is 0 Å². The Bertz CT molecular complexity index is 1530. The van der Waals surface area contributed by atoms with Crippen LogP contribution in [0.25, 0.3) is 0 Å². The van der Waals surface area contributed by atoms with Crippen LogP contribution >= 0.6 is 0 Å². The summed E-state index contributed by atoms with van der Waals surface area (Å²) in [5.74, 6) is -0.178. The summed E-state index contributed by atoms with van der Waals surface area (Å²) in [4.78, 5) is 19.0. The number of rotatable bonds is 0. The Kier molecular flexibility index (Phi) is 4.32. The van der Waals surface area contributed by atoms with E-state index in [4.69, 9.17) is 4.74 Å². The highest BCUT2D eigenvalue weighted by molar-refractivity contribution is 5.97. The number of ether oxygens (including phenoxy) is 1. The third-order valence-corrected chi connectivity index (χ3v) is 10.8. The van der Waals surface area contributed by atoms with E-state index in [2.05, 4.69) is 47.9 Å². The summed E-state index contributed by atoms with van der Waals surface area (Å²) in [6.45, 7) is 9.57. The molecule has 9 rings (SSSR count). The average molecular weight is 517 g/mol. The van der Waals surface area contributed by atoms with Crippen LogP contribution in [0, 0.1) is 0 Å². The van der Waals surface area contributed by atoms with Gasteiger partial charge in [0.1, 0.15) is 0 Å². The molecule has 5 heterocycles. The molecular formula is C35H36N2O2. The van der Waals surface area contributed by atoms with Crippen LogP contribution in [-0.4, -0.2) is 32.1 Å². The zero-order valence-corrected chi connectivity index (χ0v) is 23.2. The Labute approximate surface area is 231 Å². The lowest BCUT2D eigenvalue weighted by atomic mass is 9.57. The summed E-state index contributed by atoms with van der Waals surface area (Å²) in [5, 5.41) is 0. The first kappa shape index (κ1) is 22.5. The SMILES string of the molecule is CC1(C)c2c(cc3c4c2CCCN4CCC3)C2(OC(=O)c3ccccc32)c2cc3c4c(c21)CCCN4CCC3. The first-order chi connectivity index (χ1) is 19.0. The summed E-state index contributed by atoms with van der Waals surface area (Å²) in [6.07, 6.45) is 9.22. The van der Waals surface area contributed by atoms with Crippen LogP contribution in [0.3, 0.4) is 0 Å². The minimum Gasteiger partial charge on any atom is -0.441 e. The van der Waals surface area contributed by atoms with Gasteiger partial charge in [0.05, 0.1) is 5.56 Å². The van der Waals surface area contributed by atoms with Gasteiger partial charge < -0.3 is 14.5 Å². The number of carbonyl (C=O) groups excluding carboxylic acids is 1. The third kappa shape index (κ3) is 2.64. The van der Waals surface area contributed by atoms with E-state index < -0.39 is 5.60 Å². The maximum Gasteiger partial charge on any atom is 0.340 e. The summed E-state index contributed by atoms with van der Waals surface area (Å²) in [7, 11) is 0. The van der Waals surface area contributed by atoms with E-state index in [1.54, 1.807) is 0 Å². The second-order valence-corrected chi connectivity index (χ2v) is 13.2. The van der Waals surface area contributed by atoms with Crippen molar-refractivity contribution in [3.8, 4) is 0 Å². The zero-order valence-electron chi connectivity index (χ0n) is 23.2. The van der Waals surface area contributed by atoms with Crippen LogP contribution in [0.1, 0.15) is 100.0 Å². The smallest absolute Gasteiger partial charge is 0.340 e. The van der Waals surface area contributed by atoms with Gasteiger partial charge in [-0.2, -0.15) is 0 Å². The van der Waals surface area contributed by atoms with Gasteiger partial charge in [-0.25, -0.2) is 4.79 Å². The van der Waals surface area contributed by atoms with Crippen molar-refractivity contribution >= 4 is 17.3 Å². The molecule has 0 N–H and O–H groups in total. The molecule has 3 aromatic carbocycles. The van der Waals surface area contributed by atoms with Gasteiger partial charge in [-0.3, -0.25) is 0 Å². The summed E-state index contributed by atoms with van der Waals surface area (Å²) >= 11 is 0. The molecule has 6 aliphatic rings. The number of hydrogen-bond acceptors (Lipinski definition) is 4. The highest BCUT2D eigenvalue weighted by Crippen LogP contribution is 2.61. The fraction of sp³-hybridized carbons (Fsp3) is 0.457. The Morgan fingerprint density at radius 1 is 0.692 bits per heavy atom. The second kappa shape index (κ2) is 7.47. The molecule has 0 saturated carbocycles. The lowest BCUT2D eigenvalue weighted by Crippen LogP contribution is -2.46. The fourth-order valence-electron chi connectivity index (χ4n) is 9.59. The van der Waals surface area contributed by atoms with Gasteiger partial charge in [-0.05, 0) is 103 Å². The predicted molar refractivity (Wildman–Crippen MR) is 154 cm³/mol. The standard InChI is InChI=1S/C35H36N2O2/c1-34(2)29-24-12-7-17-36-15-5-9-21(31(24)36)19-27(29)35(26-14-4-3-11-23(26)33(38)39-35)28-20-22-10-6-16-37-18-8-13-25(30(28)34)32(22)37/h3-4,11,14,19-20H,5-10,12-13,15-18H2,1-2H3. The van der Waals surface area contributed by atoms with E-state index in [1.807, 2.05) is 12.1 Å². The molecule has 4 nitrogen and oxygen atoms in total. The molecule has 4 heteroatoms. The van der Waals surface area contributed by atoms with E-state index in [-0.39, 0.29) is 11.4 Å². The molecule has 0 bridgehead atoms.